The van der Waals surface area contributed by atoms with Gasteiger partial charge in [-0.2, -0.15) is 0 Å². The molecule has 2 amide bonds. The molecule has 0 bridgehead atoms. The zero-order valence-corrected chi connectivity index (χ0v) is 26.1. The summed E-state index contributed by atoms with van der Waals surface area (Å²) in [7, 11) is -3.65. The van der Waals surface area contributed by atoms with E-state index < -0.39 is 21.9 Å². The Balaban J connectivity index is 1.88. The topological polar surface area (TPSA) is 96.0 Å². The lowest BCUT2D eigenvalue weighted by Gasteiger charge is -2.33. The quantitative estimate of drug-likeness (QED) is 0.236. The minimum atomic E-state index is -3.65. The van der Waals surface area contributed by atoms with Crippen molar-refractivity contribution in [3.8, 4) is 5.75 Å². The van der Waals surface area contributed by atoms with Crippen molar-refractivity contribution in [1.29, 1.82) is 0 Å². The highest BCUT2D eigenvalue weighted by atomic mass is 32.2. The summed E-state index contributed by atoms with van der Waals surface area (Å²) < 4.78 is 46.8. The van der Waals surface area contributed by atoms with Crippen molar-refractivity contribution >= 4 is 27.5 Å². The maximum absolute atomic E-state index is 14.8. The van der Waals surface area contributed by atoms with Crippen molar-refractivity contribution in [3.05, 3.63) is 95.8 Å². The van der Waals surface area contributed by atoms with Gasteiger partial charge in [0.15, 0.2) is 0 Å². The number of hydrogen-bond acceptors (Lipinski definition) is 5. The Labute approximate surface area is 254 Å². The van der Waals surface area contributed by atoms with Crippen molar-refractivity contribution in [1.82, 2.24) is 10.2 Å². The third-order valence-corrected chi connectivity index (χ3v) is 8.35. The largest absolute Gasteiger partial charge is 0.494 e. The number of nitrogens with zero attached hydrogens (tertiary/aromatic N) is 2. The van der Waals surface area contributed by atoms with Gasteiger partial charge in [-0.25, -0.2) is 12.8 Å². The van der Waals surface area contributed by atoms with Gasteiger partial charge in [-0.3, -0.25) is 13.9 Å². The molecule has 43 heavy (non-hydrogen) atoms. The Morgan fingerprint density at radius 2 is 1.60 bits per heavy atom. The van der Waals surface area contributed by atoms with Gasteiger partial charge >= 0.3 is 0 Å². The molecule has 0 aromatic heterocycles. The fourth-order valence-electron chi connectivity index (χ4n) is 4.68. The fourth-order valence-corrected chi connectivity index (χ4v) is 5.65. The number of rotatable bonds is 16. The first-order valence-electron chi connectivity index (χ1n) is 14.6. The highest BCUT2D eigenvalue weighted by Gasteiger charge is 2.31. The van der Waals surface area contributed by atoms with E-state index in [0.29, 0.717) is 24.5 Å². The Morgan fingerprint density at radius 1 is 0.953 bits per heavy atom. The number of benzene rings is 3. The van der Waals surface area contributed by atoms with Gasteiger partial charge in [-0.15, -0.1) is 0 Å². The van der Waals surface area contributed by atoms with Crippen molar-refractivity contribution in [2.75, 3.05) is 23.7 Å². The summed E-state index contributed by atoms with van der Waals surface area (Å²) in [4.78, 5) is 28.9. The highest BCUT2D eigenvalue weighted by Crippen LogP contribution is 2.23. The van der Waals surface area contributed by atoms with Crippen LogP contribution in [0.15, 0.2) is 78.9 Å². The van der Waals surface area contributed by atoms with Gasteiger partial charge in [-0.05, 0) is 62.6 Å². The molecule has 10 heteroatoms. The molecule has 0 aliphatic carbocycles. The van der Waals surface area contributed by atoms with E-state index in [1.54, 1.807) is 42.5 Å². The molecule has 0 saturated heterocycles. The number of carbonyl (C=O) groups excluding carboxylic acids is 2. The van der Waals surface area contributed by atoms with Gasteiger partial charge in [0.1, 0.15) is 17.6 Å². The van der Waals surface area contributed by atoms with Crippen LogP contribution in [-0.4, -0.2) is 56.6 Å². The molecule has 0 saturated carbocycles. The molecule has 0 spiro atoms. The maximum atomic E-state index is 14.8. The predicted octanol–water partition coefficient (Wildman–Crippen LogP) is 5.33. The van der Waals surface area contributed by atoms with Gasteiger partial charge in [0, 0.05) is 37.5 Å². The van der Waals surface area contributed by atoms with Gasteiger partial charge in [0.05, 0.1) is 18.6 Å². The minimum Gasteiger partial charge on any atom is -0.494 e. The van der Waals surface area contributed by atoms with E-state index in [0.717, 1.165) is 11.8 Å². The third-order valence-electron chi connectivity index (χ3n) is 7.16. The van der Waals surface area contributed by atoms with E-state index in [9.17, 15) is 22.4 Å². The Hall–Kier alpha value is -3.92. The number of amides is 2. The number of sulfonamides is 1. The first kappa shape index (κ1) is 33.6. The van der Waals surface area contributed by atoms with Crippen LogP contribution in [0.4, 0.5) is 10.1 Å². The van der Waals surface area contributed by atoms with Crippen LogP contribution >= 0.6 is 0 Å². The third kappa shape index (κ3) is 10.1. The second-order valence-electron chi connectivity index (χ2n) is 10.5. The molecular weight excluding hydrogens is 569 g/mol. The summed E-state index contributed by atoms with van der Waals surface area (Å²) in [5.74, 6) is -0.544. The fraction of sp³-hybridized carbons (Fsp3) is 0.394. The highest BCUT2D eigenvalue weighted by molar-refractivity contribution is 7.92. The monoisotopic (exact) mass is 611 g/mol. The molecule has 8 nitrogen and oxygen atoms in total. The Morgan fingerprint density at radius 3 is 2.21 bits per heavy atom. The van der Waals surface area contributed by atoms with E-state index in [1.807, 2.05) is 51.1 Å². The molecule has 3 rings (SSSR count). The molecule has 3 aromatic rings. The summed E-state index contributed by atoms with van der Waals surface area (Å²) >= 11 is 0. The van der Waals surface area contributed by atoms with Crippen molar-refractivity contribution in [3.63, 3.8) is 0 Å². The van der Waals surface area contributed by atoms with E-state index in [-0.39, 0.29) is 55.8 Å². The van der Waals surface area contributed by atoms with E-state index in [1.165, 1.54) is 15.3 Å². The average molecular weight is 612 g/mol. The number of anilines is 1. The van der Waals surface area contributed by atoms with E-state index >= 15 is 0 Å². The lowest BCUT2D eigenvalue weighted by Crippen LogP contribution is -2.52. The Kier molecular flexibility index (Phi) is 12.5. The zero-order chi connectivity index (χ0) is 31.4. The SMILES string of the molecule is CCOc1ccc(N(CCCC(=O)N(Cc2ccccc2F)[C@@H](Cc2ccccc2)C(=O)N[C@@H](C)CC)S(C)(=O)=O)cc1. The smallest absolute Gasteiger partial charge is 0.243 e. The maximum Gasteiger partial charge on any atom is 0.243 e. The number of ether oxygens (including phenoxy) is 1. The van der Waals surface area contributed by atoms with Crippen LogP contribution in [0.2, 0.25) is 0 Å². The second kappa shape index (κ2) is 16.1. The summed E-state index contributed by atoms with van der Waals surface area (Å²) in [6.45, 7) is 6.14. The molecule has 1 N–H and O–H groups in total. The standard InChI is InChI=1S/C33H42FN3O5S/c1-5-25(3)35-33(39)31(23-26-13-8-7-9-14-26)36(24-27-15-10-11-16-30(27)34)32(38)17-12-22-37(43(4,40)41)28-18-20-29(21-19-28)42-6-2/h7-11,13-16,18-21,25,31H,5-6,12,17,22-24H2,1-4H3,(H,35,39)/t25-,31-/m0/s1. The van der Waals surface area contributed by atoms with Gasteiger partial charge in [0.25, 0.3) is 0 Å². The molecule has 3 aromatic carbocycles. The molecule has 0 radical (unpaired) electrons. The van der Waals surface area contributed by atoms with Gasteiger partial charge in [0.2, 0.25) is 21.8 Å². The van der Waals surface area contributed by atoms with E-state index in [2.05, 4.69) is 5.32 Å². The molecule has 0 fully saturated rings. The van der Waals surface area contributed by atoms with Crippen LogP contribution in [0, 0.1) is 5.82 Å². The Bertz CT molecular complexity index is 1430. The van der Waals surface area contributed by atoms with Crippen LogP contribution in [0.25, 0.3) is 0 Å². The number of halogens is 1. The summed E-state index contributed by atoms with van der Waals surface area (Å²) in [6, 6.07) is 21.2. The second-order valence-corrected chi connectivity index (χ2v) is 12.4. The van der Waals surface area contributed by atoms with Crippen LogP contribution in [0.5, 0.6) is 5.75 Å². The van der Waals surface area contributed by atoms with Crippen LogP contribution in [0.1, 0.15) is 51.2 Å². The first-order valence-corrected chi connectivity index (χ1v) is 16.5. The lowest BCUT2D eigenvalue weighted by molar-refractivity contribution is -0.141. The molecule has 0 unspecified atom stereocenters. The van der Waals surface area contributed by atoms with Crippen molar-refractivity contribution in [2.24, 2.45) is 0 Å². The molecule has 0 aliphatic rings. The zero-order valence-electron chi connectivity index (χ0n) is 25.3. The number of hydrogen-bond donors (Lipinski definition) is 1. The first-order chi connectivity index (χ1) is 20.5. The molecule has 2 atom stereocenters. The van der Waals surface area contributed by atoms with Crippen LogP contribution in [-0.2, 0) is 32.6 Å². The lowest BCUT2D eigenvalue weighted by atomic mass is 10.0. The van der Waals surface area contributed by atoms with Crippen molar-refractivity contribution in [2.45, 2.75) is 65.1 Å². The number of nitrogens with one attached hydrogen (secondary N) is 1. The average Bonchev–Trinajstić information content (AvgIpc) is 2.98. The van der Waals surface area contributed by atoms with E-state index in [4.69, 9.17) is 4.74 Å². The predicted molar refractivity (Wildman–Crippen MR) is 168 cm³/mol. The summed E-state index contributed by atoms with van der Waals surface area (Å²) in [6.07, 6.45) is 2.21. The molecule has 0 aliphatic heterocycles. The minimum absolute atomic E-state index is 0.0423. The molecule has 0 heterocycles. The van der Waals surface area contributed by atoms with Crippen LogP contribution in [0.3, 0.4) is 0 Å². The molecular formula is C33H42FN3O5S. The summed E-state index contributed by atoms with van der Waals surface area (Å²) in [5.41, 5.74) is 1.60. The van der Waals surface area contributed by atoms with Crippen molar-refractivity contribution < 1.29 is 27.1 Å². The number of carbonyl (C=O) groups is 2. The summed E-state index contributed by atoms with van der Waals surface area (Å²) in [5, 5.41) is 2.99. The normalized spacial score (nSPS) is 12.7. The van der Waals surface area contributed by atoms with Crippen LogP contribution < -0.4 is 14.4 Å². The van der Waals surface area contributed by atoms with Gasteiger partial charge < -0.3 is 15.0 Å². The van der Waals surface area contributed by atoms with Gasteiger partial charge in [-0.1, -0.05) is 55.5 Å². The molecule has 232 valence electrons.